The molecule has 0 unspecified atom stereocenters. The van der Waals surface area contributed by atoms with Gasteiger partial charge in [0.15, 0.2) is 11.6 Å². The van der Waals surface area contributed by atoms with Gasteiger partial charge in [-0.05, 0) is 25.0 Å². The topological polar surface area (TPSA) is 46.2 Å². The summed E-state index contributed by atoms with van der Waals surface area (Å²) in [6.07, 6.45) is 0.518. The zero-order chi connectivity index (χ0) is 11.4. The van der Waals surface area contributed by atoms with E-state index in [1.54, 1.807) is 0 Å². The van der Waals surface area contributed by atoms with Crippen LogP contribution in [0.1, 0.15) is 24.4 Å². The minimum Gasteiger partial charge on any atom is -0.396 e. The summed E-state index contributed by atoms with van der Waals surface area (Å²) in [6, 6.07) is 0.618. The van der Waals surface area contributed by atoms with Gasteiger partial charge in [0.1, 0.15) is 5.82 Å². The maximum Gasteiger partial charge on any atom is 0.166 e. The maximum atomic E-state index is 13.2. The molecule has 0 aliphatic heterocycles. The Morgan fingerprint density at radius 1 is 1.20 bits per heavy atom. The second-order valence-electron chi connectivity index (χ2n) is 3.23. The van der Waals surface area contributed by atoms with Crippen molar-refractivity contribution in [3.63, 3.8) is 0 Å². The molecule has 1 aromatic rings. The molecule has 0 spiro atoms. The Kier molecular flexibility index (Phi) is 4.11. The number of halogens is 3. The smallest absolute Gasteiger partial charge is 0.166 e. The molecule has 0 amide bonds. The van der Waals surface area contributed by atoms with E-state index in [0.717, 1.165) is 6.07 Å². The van der Waals surface area contributed by atoms with Crippen molar-refractivity contribution < 1.29 is 18.3 Å². The molecule has 0 aliphatic rings. The van der Waals surface area contributed by atoms with Crippen molar-refractivity contribution in [2.45, 2.75) is 18.9 Å². The average molecular weight is 219 g/mol. The molecule has 1 atom stereocenters. The molecule has 84 valence electrons. The van der Waals surface area contributed by atoms with E-state index in [1.165, 1.54) is 0 Å². The van der Waals surface area contributed by atoms with Crippen LogP contribution in [0.2, 0.25) is 0 Å². The summed E-state index contributed by atoms with van der Waals surface area (Å²) in [5, 5.41) is 8.54. The summed E-state index contributed by atoms with van der Waals surface area (Å²) >= 11 is 0. The average Bonchev–Trinajstić information content (AvgIpc) is 2.21. The number of aliphatic hydroxyl groups excluding tert-OH is 1. The summed E-state index contributed by atoms with van der Waals surface area (Å²) in [5.74, 6) is -3.23. The number of aliphatic hydroxyl groups is 1. The van der Waals surface area contributed by atoms with Gasteiger partial charge in [-0.2, -0.15) is 0 Å². The first kappa shape index (κ1) is 12.0. The number of rotatable bonds is 4. The van der Waals surface area contributed by atoms with Crippen molar-refractivity contribution in [1.29, 1.82) is 0 Å². The highest BCUT2D eigenvalue weighted by Crippen LogP contribution is 2.24. The van der Waals surface area contributed by atoms with Crippen LogP contribution in [0, 0.1) is 17.5 Å². The molecule has 5 heteroatoms. The second kappa shape index (κ2) is 5.14. The van der Waals surface area contributed by atoms with Crippen molar-refractivity contribution in [1.82, 2.24) is 0 Å². The molecule has 0 heterocycles. The van der Waals surface area contributed by atoms with E-state index in [9.17, 15) is 13.2 Å². The lowest BCUT2D eigenvalue weighted by Crippen LogP contribution is -2.15. The molecule has 0 bridgehead atoms. The van der Waals surface area contributed by atoms with Gasteiger partial charge in [-0.25, -0.2) is 13.2 Å². The van der Waals surface area contributed by atoms with Crippen molar-refractivity contribution >= 4 is 0 Å². The third-order valence-corrected chi connectivity index (χ3v) is 2.12. The first-order chi connectivity index (χ1) is 7.07. The fraction of sp³-hybridized carbons (Fsp3) is 0.400. The van der Waals surface area contributed by atoms with E-state index in [-0.39, 0.29) is 13.0 Å². The molecule has 0 radical (unpaired) electrons. The normalized spacial score (nSPS) is 12.9. The van der Waals surface area contributed by atoms with Crippen molar-refractivity contribution in [3.8, 4) is 0 Å². The number of hydrogen-bond donors (Lipinski definition) is 2. The zero-order valence-corrected chi connectivity index (χ0v) is 8.01. The van der Waals surface area contributed by atoms with Crippen LogP contribution in [0.3, 0.4) is 0 Å². The lowest BCUT2D eigenvalue weighted by molar-refractivity contribution is 0.278. The summed E-state index contributed by atoms with van der Waals surface area (Å²) in [4.78, 5) is 0. The van der Waals surface area contributed by atoms with Crippen LogP contribution in [0.15, 0.2) is 12.1 Å². The molecule has 2 nitrogen and oxygen atoms in total. The molecule has 3 N–H and O–H groups in total. The standard InChI is InChI=1S/C10H12F3NO/c11-6-3-4-7(12)10(13)9(6)8(14)2-1-5-15/h3-4,8,15H,1-2,5,14H2/t8-/m0/s1. The molecule has 0 fully saturated rings. The van der Waals surface area contributed by atoms with Crippen molar-refractivity contribution in [2.24, 2.45) is 5.73 Å². The third kappa shape index (κ3) is 2.70. The van der Waals surface area contributed by atoms with Crippen LogP contribution in [0.5, 0.6) is 0 Å². The van der Waals surface area contributed by atoms with Gasteiger partial charge in [0.25, 0.3) is 0 Å². The largest absolute Gasteiger partial charge is 0.396 e. The van der Waals surface area contributed by atoms with Crippen LogP contribution >= 0.6 is 0 Å². The monoisotopic (exact) mass is 219 g/mol. The minimum absolute atomic E-state index is 0.119. The van der Waals surface area contributed by atoms with Gasteiger partial charge < -0.3 is 10.8 Å². The van der Waals surface area contributed by atoms with Crippen LogP contribution in [0.25, 0.3) is 0 Å². The van der Waals surface area contributed by atoms with E-state index in [4.69, 9.17) is 10.8 Å². The summed E-state index contributed by atoms with van der Waals surface area (Å²) < 4.78 is 39.1. The lowest BCUT2D eigenvalue weighted by Gasteiger charge is -2.13. The van der Waals surface area contributed by atoms with Gasteiger partial charge in [-0.15, -0.1) is 0 Å². The highest BCUT2D eigenvalue weighted by molar-refractivity contribution is 5.24. The molecular weight excluding hydrogens is 207 g/mol. The first-order valence-corrected chi connectivity index (χ1v) is 4.57. The van der Waals surface area contributed by atoms with Crippen molar-refractivity contribution in [3.05, 3.63) is 35.1 Å². The molecule has 1 rings (SSSR count). The van der Waals surface area contributed by atoms with Crippen LogP contribution in [0.4, 0.5) is 13.2 Å². The van der Waals surface area contributed by atoms with Gasteiger partial charge >= 0.3 is 0 Å². The molecular formula is C10H12F3NO. The molecule has 0 aliphatic carbocycles. The van der Waals surface area contributed by atoms with Gasteiger partial charge in [0.2, 0.25) is 0 Å². The van der Waals surface area contributed by atoms with E-state index in [2.05, 4.69) is 0 Å². The Bertz CT molecular complexity index is 344. The van der Waals surface area contributed by atoms with E-state index in [0.29, 0.717) is 12.5 Å². The van der Waals surface area contributed by atoms with E-state index in [1.807, 2.05) is 0 Å². The van der Waals surface area contributed by atoms with E-state index < -0.39 is 29.1 Å². The van der Waals surface area contributed by atoms with Gasteiger partial charge in [0.05, 0.1) is 0 Å². The molecule has 0 saturated carbocycles. The molecule has 1 aromatic carbocycles. The summed E-state index contributed by atoms with van der Waals surface area (Å²) in [5.41, 5.74) is 5.04. The Balaban J connectivity index is 2.96. The number of hydrogen-bond acceptors (Lipinski definition) is 2. The number of nitrogens with two attached hydrogens (primary N) is 1. The lowest BCUT2D eigenvalue weighted by atomic mass is 10.0. The first-order valence-electron chi connectivity index (χ1n) is 4.57. The fourth-order valence-electron chi connectivity index (χ4n) is 1.34. The minimum atomic E-state index is -1.25. The summed E-state index contributed by atoms with van der Waals surface area (Å²) in [7, 11) is 0. The summed E-state index contributed by atoms with van der Waals surface area (Å²) in [6.45, 7) is -0.119. The van der Waals surface area contributed by atoms with Gasteiger partial charge in [-0.3, -0.25) is 0 Å². The highest BCUT2D eigenvalue weighted by atomic mass is 19.2. The van der Waals surface area contributed by atoms with Gasteiger partial charge in [-0.1, -0.05) is 0 Å². The maximum absolute atomic E-state index is 13.2. The van der Waals surface area contributed by atoms with Gasteiger partial charge in [0, 0.05) is 18.2 Å². The molecule has 15 heavy (non-hydrogen) atoms. The predicted octanol–water partition coefficient (Wildman–Crippen LogP) is 1.88. The Morgan fingerprint density at radius 3 is 2.40 bits per heavy atom. The SMILES string of the molecule is N[C@@H](CCCO)c1c(F)ccc(F)c1F. The second-order valence-corrected chi connectivity index (χ2v) is 3.23. The fourth-order valence-corrected chi connectivity index (χ4v) is 1.34. The van der Waals surface area contributed by atoms with Crippen LogP contribution in [-0.4, -0.2) is 11.7 Å². The molecule has 0 saturated heterocycles. The Labute approximate surface area is 85.5 Å². The van der Waals surface area contributed by atoms with Crippen molar-refractivity contribution in [2.75, 3.05) is 6.61 Å². The molecule has 0 aromatic heterocycles. The quantitative estimate of drug-likeness (QED) is 0.759. The predicted molar refractivity (Wildman–Crippen MR) is 49.6 cm³/mol. The highest BCUT2D eigenvalue weighted by Gasteiger charge is 2.19. The Morgan fingerprint density at radius 2 is 1.80 bits per heavy atom. The van der Waals surface area contributed by atoms with Crippen LogP contribution < -0.4 is 5.73 Å². The van der Waals surface area contributed by atoms with E-state index >= 15 is 0 Å². The van der Waals surface area contributed by atoms with Crippen LogP contribution in [-0.2, 0) is 0 Å². The number of benzene rings is 1. The third-order valence-electron chi connectivity index (χ3n) is 2.12. The Hall–Kier alpha value is -1.07. The zero-order valence-electron chi connectivity index (χ0n) is 8.01.